The van der Waals surface area contributed by atoms with Gasteiger partial charge in [-0.15, -0.1) is 0 Å². The zero-order valence-electron chi connectivity index (χ0n) is 15.1. The van der Waals surface area contributed by atoms with Crippen LogP contribution in [0.5, 0.6) is 5.75 Å². The van der Waals surface area contributed by atoms with E-state index in [4.69, 9.17) is 4.74 Å². The fraction of sp³-hybridized carbons (Fsp3) is 0.579. The van der Waals surface area contributed by atoms with Gasteiger partial charge in [-0.1, -0.05) is 40.0 Å². The monoisotopic (exact) mass is 334 g/mol. The molecule has 1 aromatic carbocycles. The lowest BCUT2D eigenvalue weighted by atomic mass is 10.1. The summed E-state index contributed by atoms with van der Waals surface area (Å²) < 4.78 is 5.61. The van der Waals surface area contributed by atoms with E-state index < -0.39 is 0 Å². The topological polar surface area (TPSA) is 67.4 Å². The third-order valence-corrected chi connectivity index (χ3v) is 3.65. The van der Waals surface area contributed by atoms with Crippen molar-refractivity contribution in [3.05, 3.63) is 29.8 Å². The highest BCUT2D eigenvalue weighted by molar-refractivity contribution is 5.95. The first-order valence-corrected chi connectivity index (χ1v) is 8.85. The van der Waals surface area contributed by atoms with E-state index >= 15 is 0 Å². The summed E-state index contributed by atoms with van der Waals surface area (Å²) in [6.45, 7) is 7.09. The molecule has 0 saturated carbocycles. The van der Waals surface area contributed by atoms with Crippen LogP contribution in [0.4, 0.5) is 0 Å². The van der Waals surface area contributed by atoms with Crippen LogP contribution in [0.25, 0.3) is 0 Å². The minimum Gasteiger partial charge on any atom is -0.494 e. The van der Waals surface area contributed by atoms with Crippen molar-refractivity contribution in [3.8, 4) is 5.75 Å². The number of benzene rings is 1. The summed E-state index contributed by atoms with van der Waals surface area (Å²) in [6, 6.07) is 6.91. The Hall–Kier alpha value is -2.04. The number of hydrazine groups is 1. The summed E-state index contributed by atoms with van der Waals surface area (Å²) in [4.78, 5) is 23.6. The molecule has 0 unspecified atom stereocenters. The van der Waals surface area contributed by atoms with Crippen LogP contribution in [0.15, 0.2) is 24.3 Å². The Labute approximate surface area is 145 Å². The van der Waals surface area contributed by atoms with Crippen LogP contribution in [0.1, 0.15) is 69.7 Å². The Bertz CT molecular complexity index is 498. The Kier molecular flexibility index (Phi) is 9.58. The van der Waals surface area contributed by atoms with E-state index in [1.54, 1.807) is 24.3 Å². The first-order valence-electron chi connectivity index (χ1n) is 8.85. The molecule has 0 aliphatic carbocycles. The molecule has 0 fully saturated rings. The van der Waals surface area contributed by atoms with Gasteiger partial charge >= 0.3 is 0 Å². The Morgan fingerprint density at radius 3 is 2.38 bits per heavy atom. The summed E-state index contributed by atoms with van der Waals surface area (Å²) in [5.41, 5.74) is 5.37. The highest BCUT2D eigenvalue weighted by Gasteiger charge is 2.07. The standard InChI is InChI=1S/C19H30N2O3/c1-4-5-6-7-8-18(22)20-21-19(23)16-9-11-17(12-10-16)24-14-13-15(2)3/h9-12,15H,4-8,13-14H2,1-3H3,(H,20,22)(H,21,23). The highest BCUT2D eigenvalue weighted by atomic mass is 16.5. The highest BCUT2D eigenvalue weighted by Crippen LogP contribution is 2.13. The number of hydrogen-bond acceptors (Lipinski definition) is 3. The van der Waals surface area contributed by atoms with Gasteiger partial charge in [0, 0.05) is 12.0 Å². The molecule has 0 heterocycles. The molecule has 2 N–H and O–H groups in total. The SMILES string of the molecule is CCCCCCC(=O)NNC(=O)c1ccc(OCCC(C)C)cc1. The predicted octanol–water partition coefficient (Wildman–Crippen LogP) is 3.84. The molecule has 5 heteroatoms. The predicted molar refractivity (Wildman–Crippen MR) is 95.8 cm³/mol. The maximum absolute atomic E-state index is 12.0. The smallest absolute Gasteiger partial charge is 0.269 e. The lowest BCUT2D eigenvalue weighted by Gasteiger charge is -2.10. The maximum atomic E-state index is 12.0. The minimum atomic E-state index is -0.328. The van der Waals surface area contributed by atoms with Gasteiger partial charge < -0.3 is 4.74 Å². The van der Waals surface area contributed by atoms with Crippen LogP contribution in [-0.2, 0) is 4.79 Å². The van der Waals surface area contributed by atoms with Gasteiger partial charge in [0.25, 0.3) is 5.91 Å². The van der Waals surface area contributed by atoms with Crippen LogP contribution in [0.3, 0.4) is 0 Å². The van der Waals surface area contributed by atoms with Crippen molar-refractivity contribution in [2.45, 2.75) is 59.3 Å². The molecule has 1 aromatic rings. The number of amides is 2. The first kappa shape index (κ1) is 20.0. The molecule has 0 saturated heterocycles. The van der Waals surface area contributed by atoms with Crippen molar-refractivity contribution in [2.24, 2.45) is 5.92 Å². The molecule has 0 aliphatic heterocycles. The molecular formula is C19H30N2O3. The van der Waals surface area contributed by atoms with Gasteiger partial charge in [0.15, 0.2) is 0 Å². The molecular weight excluding hydrogens is 304 g/mol. The van der Waals surface area contributed by atoms with Gasteiger partial charge in [-0.05, 0) is 43.0 Å². The molecule has 0 aromatic heterocycles. The molecule has 5 nitrogen and oxygen atoms in total. The second kappa shape index (κ2) is 11.5. The fourth-order valence-electron chi connectivity index (χ4n) is 2.09. The van der Waals surface area contributed by atoms with Gasteiger partial charge in [0.05, 0.1) is 6.61 Å². The van der Waals surface area contributed by atoms with Crippen molar-refractivity contribution in [1.82, 2.24) is 10.9 Å². The summed E-state index contributed by atoms with van der Waals surface area (Å²) in [5.74, 6) is 0.853. The average molecular weight is 334 g/mol. The summed E-state index contributed by atoms with van der Waals surface area (Å²) in [5, 5.41) is 0. The third kappa shape index (κ3) is 8.56. The van der Waals surface area contributed by atoms with Crippen LogP contribution < -0.4 is 15.6 Å². The number of unbranched alkanes of at least 4 members (excludes halogenated alkanes) is 3. The van der Waals surface area contributed by atoms with E-state index in [-0.39, 0.29) is 11.8 Å². The van der Waals surface area contributed by atoms with E-state index in [9.17, 15) is 9.59 Å². The Morgan fingerprint density at radius 1 is 1.04 bits per heavy atom. The van der Waals surface area contributed by atoms with Crippen LogP contribution in [-0.4, -0.2) is 18.4 Å². The largest absolute Gasteiger partial charge is 0.494 e. The zero-order valence-corrected chi connectivity index (χ0v) is 15.1. The average Bonchev–Trinajstić information content (AvgIpc) is 2.57. The van der Waals surface area contributed by atoms with Gasteiger partial charge in [-0.2, -0.15) is 0 Å². The number of nitrogens with one attached hydrogen (secondary N) is 2. The van der Waals surface area contributed by atoms with E-state index in [2.05, 4.69) is 31.6 Å². The molecule has 0 radical (unpaired) electrons. The van der Waals surface area contributed by atoms with E-state index in [0.29, 0.717) is 24.5 Å². The summed E-state index contributed by atoms with van der Waals surface area (Å²) >= 11 is 0. The number of ether oxygens (including phenoxy) is 1. The van der Waals surface area contributed by atoms with Crippen molar-refractivity contribution < 1.29 is 14.3 Å². The lowest BCUT2D eigenvalue weighted by molar-refractivity contribution is -0.122. The van der Waals surface area contributed by atoms with Crippen molar-refractivity contribution in [3.63, 3.8) is 0 Å². The van der Waals surface area contributed by atoms with Crippen LogP contribution in [0.2, 0.25) is 0 Å². The van der Waals surface area contributed by atoms with E-state index in [0.717, 1.165) is 37.9 Å². The molecule has 0 aliphatic rings. The number of rotatable bonds is 10. The molecule has 0 bridgehead atoms. The lowest BCUT2D eigenvalue weighted by Crippen LogP contribution is -2.41. The van der Waals surface area contributed by atoms with Gasteiger partial charge in [-0.3, -0.25) is 20.4 Å². The number of carbonyl (C=O) groups excluding carboxylic acids is 2. The van der Waals surface area contributed by atoms with Crippen LogP contribution in [0, 0.1) is 5.92 Å². The molecule has 2 amide bonds. The van der Waals surface area contributed by atoms with Crippen molar-refractivity contribution in [1.29, 1.82) is 0 Å². The van der Waals surface area contributed by atoms with Gasteiger partial charge in [0.2, 0.25) is 5.91 Å². The molecule has 24 heavy (non-hydrogen) atoms. The van der Waals surface area contributed by atoms with Crippen molar-refractivity contribution >= 4 is 11.8 Å². The van der Waals surface area contributed by atoms with Crippen LogP contribution >= 0.6 is 0 Å². The quantitative estimate of drug-likeness (QED) is 0.504. The van der Waals surface area contributed by atoms with Crippen molar-refractivity contribution in [2.75, 3.05) is 6.61 Å². The molecule has 0 atom stereocenters. The third-order valence-electron chi connectivity index (χ3n) is 3.65. The summed E-state index contributed by atoms with van der Waals surface area (Å²) in [7, 11) is 0. The van der Waals surface area contributed by atoms with Gasteiger partial charge in [-0.25, -0.2) is 0 Å². The van der Waals surface area contributed by atoms with Gasteiger partial charge in [0.1, 0.15) is 5.75 Å². The normalized spacial score (nSPS) is 10.5. The number of carbonyl (C=O) groups is 2. The second-order valence-corrected chi connectivity index (χ2v) is 6.37. The fourth-order valence-corrected chi connectivity index (χ4v) is 2.09. The molecule has 0 spiro atoms. The Morgan fingerprint density at radius 2 is 1.75 bits per heavy atom. The molecule has 1 rings (SSSR count). The maximum Gasteiger partial charge on any atom is 0.269 e. The Balaban J connectivity index is 2.30. The summed E-state index contributed by atoms with van der Waals surface area (Å²) in [6.07, 6.45) is 5.57. The minimum absolute atomic E-state index is 0.159. The number of hydrogen-bond donors (Lipinski definition) is 2. The van der Waals surface area contributed by atoms with E-state index in [1.165, 1.54) is 0 Å². The van der Waals surface area contributed by atoms with E-state index in [1.807, 2.05) is 0 Å². The molecule has 134 valence electrons. The first-order chi connectivity index (χ1) is 11.5. The second-order valence-electron chi connectivity index (χ2n) is 6.37. The zero-order chi connectivity index (χ0) is 17.8.